The summed E-state index contributed by atoms with van der Waals surface area (Å²) in [5, 5.41) is 11.6. The molecule has 0 N–H and O–H groups in total. The van der Waals surface area contributed by atoms with Crippen molar-refractivity contribution in [2.75, 3.05) is 24.5 Å². The summed E-state index contributed by atoms with van der Waals surface area (Å²) in [4.78, 5) is 24.4. The Labute approximate surface area is 184 Å². The van der Waals surface area contributed by atoms with E-state index in [0.717, 1.165) is 16.5 Å². The lowest BCUT2D eigenvalue weighted by Gasteiger charge is -2.38. The molecule has 150 valence electrons. The highest BCUT2D eigenvalue weighted by molar-refractivity contribution is 6.34. The largest absolute Gasteiger partial charge is 0.351 e. The number of hydrogen-bond donors (Lipinski definition) is 0. The number of carbonyl (C=O) groups is 1. The molecule has 2 heterocycles. The van der Waals surface area contributed by atoms with Crippen molar-refractivity contribution in [3.05, 3.63) is 65.4 Å². The van der Waals surface area contributed by atoms with Gasteiger partial charge in [-0.2, -0.15) is 5.26 Å². The molecule has 8 heteroatoms. The molecular formula is C22H17Cl2N5O. The quantitative estimate of drug-likeness (QED) is 0.570. The SMILES string of the molecule is C=CC(=O)N1CCN(c2ncnc3cc(Cl)c(-c4ccc(Cl)cc4)cc23)CC1C#N. The molecule has 0 radical (unpaired) electrons. The molecular weight excluding hydrogens is 421 g/mol. The van der Waals surface area contributed by atoms with Crippen molar-refractivity contribution < 1.29 is 4.79 Å². The van der Waals surface area contributed by atoms with Crippen LogP contribution in [0.5, 0.6) is 0 Å². The molecule has 1 aromatic heterocycles. The summed E-state index contributed by atoms with van der Waals surface area (Å²) in [6, 6.07) is 12.8. The maximum atomic E-state index is 12.0. The molecule has 30 heavy (non-hydrogen) atoms. The Balaban J connectivity index is 1.76. The third kappa shape index (κ3) is 3.70. The Hall–Kier alpha value is -3.14. The Kier molecular flexibility index (Phi) is 5.58. The molecule has 1 amide bonds. The first-order valence-electron chi connectivity index (χ1n) is 9.29. The summed E-state index contributed by atoms with van der Waals surface area (Å²) in [7, 11) is 0. The zero-order valence-electron chi connectivity index (χ0n) is 15.9. The van der Waals surface area contributed by atoms with Crippen LogP contribution in [0, 0.1) is 11.3 Å². The van der Waals surface area contributed by atoms with Crippen LogP contribution in [0.4, 0.5) is 5.82 Å². The van der Waals surface area contributed by atoms with E-state index in [1.807, 2.05) is 41.3 Å². The summed E-state index contributed by atoms with van der Waals surface area (Å²) in [6.07, 6.45) is 2.72. The number of amides is 1. The van der Waals surface area contributed by atoms with Crippen LogP contribution in [0.15, 0.2) is 55.4 Å². The van der Waals surface area contributed by atoms with Gasteiger partial charge in [-0.15, -0.1) is 0 Å². The molecule has 1 saturated heterocycles. The van der Waals surface area contributed by atoms with Gasteiger partial charge in [0.25, 0.3) is 0 Å². The third-order valence-corrected chi connectivity index (χ3v) is 5.71. The first kappa shape index (κ1) is 20.1. The van der Waals surface area contributed by atoms with Crippen LogP contribution in [0.25, 0.3) is 22.0 Å². The van der Waals surface area contributed by atoms with E-state index in [1.165, 1.54) is 17.3 Å². The van der Waals surface area contributed by atoms with Crippen LogP contribution in [-0.4, -0.2) is 46.5 Å². The monoisotopic (exact) mass is 437 g/mol. The Morgan fingerprint density at radius 2 is 1.97 bits per heavy atom. The number of benzene rings is 2. The number of hydrogen-bond acceptors (Lipinski definition) is 5. The second-order valence-corrected chi connectivity index (χ2v) is 7.72. The zero-order chi connectivity index (χ0) is 21.3. The van der Waals surface area contributed by atoms with E-state index >= 15 is 0 Å². The summed E-state index contributed by atoms with van der Waals surface area (Å²) >= 11 is 12.5. The van der Waals surface area contributed by atoms with Gasteiger partial charge in [-0.3, -0.25) is 4.79 Å². The minimum Gasteiger partial charge on any atom is -0.351 e. The summed E-state index contributed by atoms with van der Waals surface area (Å²) < 4.78 is 0. The molecule has 1 aliphatic rings. The van der Waals surface area contributed by atoms with Crippen LogP contribution >= 0.6 is 23.2 Å². The van der Waals surface area contributed by atoms with Crippen molar-refractivity contribution in [1.29, 1.82) is 5.26 Å². The van der Waals surface area contributed by atoms with Gasteiger partial charge in [0.15, 0.2) is 0 Å². The molecule has 1 aliphatic heterocycles. The van der Waals surface area contributed by atoms with E-state index in [-0.39, 0.29) is 5.91 Å². The van der Waals surface area contributed by atoms with Crippen molar-refractivity contribution in [2.45, 2.75) is 6.04 Å². The number of nitriles is 1. The van der Waals surface area contributed by atoms with E-state index in [4.69, 9.17) is 23.2 Å². The Morgan fingerprint density at radius 3 is 2.67 bits per heavy atom. The van der Waals surface area contributed by atoms with Crippen molar-refractivity contribution in [1.82, 2.24) is 14.9 Å². The van der Waals surface area contributed by atoms with E-state index in [0.29, 0.717) is 41.0 Å². The highest BCUT2D eigenvalue weighted by Crippen LogP contribution is 2.35. The molecule has 1 atom stereocenters. The van der Waals surface area contributed by atoms with Gasteiger partial charge in [-0.05, 0) is 35.9 Å². The van der Waals surface area contributed by atoms with Crippen molar-refractivity contribution in [2.24, 2.45) is 0 Å². The fourth-order valence-corrected chi connectivity index (χ4v) is 4.03. The lowest BCUT2D eigenvalue weighted by molar-refractivity contribution is -0.127. The number of rotatable bonds is 3. The van der Waals surface area contributed by atoms with Crippen molar-refractivity contribution in [3.8, 4) is 17.2 Å². The fraction of sp³-hybridized carbons (Fsp3) is 0.182. The summed E-state index contributed by atoms with van der Waals surface area (Å²) in [5.74, 6) is 0.461. The number of carbonyl (C=O) groups excluding carboxylic acids is 1. The minimum atomic E-state index is -0.586. The number of nitrogens with zero attached hydrogens (tertiary/aromatic N) is 5. The average molecular weight is 438 g/mol. The maximum Gasteiger partial charge on any atom is 0.247 e. The zero-order valence-corrected chi connectivity index (χ0v) is 17.4. The fourth-order valence-electron chi connectivity index (χ4n) is 3.63. The van der Waals surface area contributed by atoms with Gasteiger partial charge in [-0.1, -0.05) is 41.9 Å². The number of aromatic nitrogens is 2. The van der Waals surface area contributed by atoms with Crippen LogP contribution in [-0.2, 0) is 4.79 Å². The molecule has 0 aliphatic carbocycles. The molecule has 0 spiro atoms. The number of anilines is 1. The average Bonchev–Trinajstić information content (AvgIpc) is 2.78. The van der Waals surface area contributed by atoms with Gasteiger partial charge in [0.1, 0.15) is 18.2 Å². The van der Waals surface area contributed by atoms with Gasteiger partial charge in [-0.25, -0.2) is 9.97 Å². The standard InChI is InChI=1S/C22H17Cl2N5O/c1-2-21(30)29-8-7-28(12-16(29)11-25)22-18-9-17(14-3-5-15(23)6-4-14)19(24)10-20(18)26-13-27-22/h2-6,9-10,13,16H,1,7-8,12H2. The highest BCUT2D eigenvalue weighted by atomic mass is 35.5. The second-order valence-electron chi connectivity index (χ2n) is 6.88. The van der Waals surface area contributed by atoms with E-state index in [1.54, 1.807) is 0 Å². The van der Waals surface area contributed by atoms with Crippen LogP contribution < -0.4 is 4.90 Å². The molecule has 4 rings (SSSR count). The van der Waals surface area contributed by atoms with Gasteiger partial charge in [0.05, 0.1) is 23.2 Å². The summed E-state index contributed by atoms with van der Waals surface area (Å²) in [6.45, 7) is 4.82. The lowest BCUT2D eigenvalue weighted by atomic mass is 10.0. The first-order valence-corrected chi connectivity index (χ1v) is 10.0. The van der Waals surface area contributed by atoms with Gasteiger partial charge in [0.2, 0.25) is 5.91 Å². The van der Waals surface area contributed by atoms with Gasteiger partial charge < -0.3 is 9.80 Å². The first-order chi connectivity index (χ1) is 14.5. The predicted molar refractivity (Wildman–Crippen MR) is 119 cm³/mol. The van der Waals surface area contributed by atoms with Gasteiger partial charge in [0, 0.05) is 29.1 Å². The summed E-state index contributed by atoms with van der Waals surface area (Å²) in [5.41, 5.74) is 2.48. The third-order valence-electron chi connectivity index (χ3n) is 5.14. The Morgan fingerprint density at radius 1 is 1.20 bits per heavy atom. The normalized spacial score (nSPS) is 16.4. The molecule has 6 nitrogen and oxygen atoms in total. The smallest absolute Gasteiger partial charge is 0.247 e. The van der Waals surface area contributed by atoms with E-state index in [9.17, 15) is 10.1 Å². The maximum absolute atomic E-state index is 12.0. The molecule has 0 bridgehead atoms. The predicted octanol–water partition coefficient (Wildman–Crippen LogP) is 4.33. The van der Waals surface area contributed by atoms with Crippen LogP contribution in [0.2, 0.25) is 10.0 Å². The molecule has 3 aromatic rings. The molecule has 0 saturated carbocycles. The molecule has 1 unspecified atom stereocenters. The van der Waals surface area contributed by atoms with Crippen molar-refractivity contribution >= 4 is 45.8 Å². The number of fused-ring (bicyclic) bond motifs is 1. The second kappa shape index (κ2) is 8.31. The molecule has 1 fully saturated rings. The Bertz CT molecular complexity index is 1170. The van der Waals surface area contributed by atoms with E-state index < -0.39 is 6.04 Å². The van der Waals surface area contributed by atoms with Crippen LogP contribution in [0.1, 0.15) is 0 Å². The molecule has 2 aromatic carbocycles. The number of halogens is 2. The van der Waals surface area contributed by atoms with Crippen LogP contribution in [0.3, 0.4) is 0 Å². The highest BCUT2D eigenvalue weighted by Gasteiger charge is 2.30. The topological polar surface area (TPSA) is 73.1 Å². The lowest BCUT2D eigenvalue weighted by Crippen LogP contribution is -2.54. The van der Waals surface area contributed by atoms with Crippen molar-refractivity contribution in [3.63, 3.8) is 0 Å². The minimum absolute atomic E-state index is 0.245. The van der Waals surface area contributed by atoms with Gasteiger partial charge >= 0.3 is 0 Å². The van der Waals surface area contributed by atoms with E-state index in [2.05, 4.69) is 22.6 Å². The number of piperazine rings is 1.